The first kappa shape index (κ1) is 24.1. The lowest BCUT2D eigenvalue weighted by Crippen LogP contribution is -2.17. The quantitative estimate of drug-likeness (QED) is 0.223. The lowest BCUT2D eigenvalue weighted by molar-refractivity contribution is 0.0733. The molecule has 0 bridgehead atoms. The standard InChI is InChI=1S/C25H24N2O7/c1-30-19-11-9-16(10-12-19)24(28)27-26-15-17-7-5-6-8-20(17)34-25(29)18-13-21(31-2)23(33-4)22(14-18)32-3/h5-15H,1-4H3,(H,27,28). The summed E-state index contributed by atoms with van der Waals surface area (Å²) in [5.41, 5.74) is 3.55. The predicted octanol–water partition coefficient (Wildman–Crippen LogP) is 3.70. The number of nitrogens with zero attached hydrogens (tertiary/aromatic N) is 1. The van der Waals surface area contributed by atoms with Gasteiger partial charge < -0.3 is 23.7 Å². The summed E-state index contributed by atoms with van der Waals surface area (Å²) < 4.78 is 26.5. The summed E-state index contributed by atoms with van der Waals surface area (Å²) in [5, 5.41) is 3.98. The first-order chi connectivity index (χ1) is 16.5. The fraction of sp³-hybridized carbons (Fsp3) is 0.160. The number of methoxy groups -OCH3 is 4. The van der Waals surface area contributed by atoms with Crippen LogP contribution in [0.15, 0.2) is 65.8 Å². The van der Waals surface area contributed by atoms with Crippen molar-refractivity contribution in [2.24, 2.45) is 5.10 Å². The molecule has 0 atom stereocenters. The first-order valence-electron chi connectivity index (χ1n) is 10.1. The molecule has 0 aliphatic heterocycles. The number of hydrogen-bond donors (Lipinski definition) is 1. The molecule has 0 saturated carbocycles. The largest absolute Gasteiger partial charge is 0.497 e. The Balaban J connectivity index is 1.75. The summed E-state index contributed by atoms with van der Waals surface area (Å²) in [6.07, 6.45) is 1.39. The van der Waals surface area contributed by atoms with E-state index in [1.54, 1.807) is 55.6 Å². The third kappa shape index (κ3) is 5.63. The van der Waals surface area contributed by atoms with Crippen molar-refractivity contribution in [2.75, 3.05) is 28.4 Å². The van der Waals surface area contributed by atoms with Gasteiger partial charge in [-0.25, -0.2) is 10.2 Å². The summed E-state index contributed by atoms with van der Waals surface area (Å²) in [4.78, 5) is 25.1. The summed E-state index contributed by atoms with van der Waals surface area (Å²) in [7, 11) is 5.93. The number of hydrazone groups is 1. The maximum absolute atomic E-state index is 12.8. The third-order valence-electron chi connectivity index (χ3n) is 4.74. The Hall–Kier alpha value is -4.53. The van der Waals surface area contributed by atoms with Gasteiger partial charge in [-0.05, 0) is 48.5 Å². The Labute approximate surface area is 196 Å². The van der Waals surface area contributed by atoms with Crippen molar-refractivity contribution >= 4 is 18.1 Å². The van der Waals surface area contributed by atoms with Crippen LogP contribution in [-0.4, -0.2) is 46.5 Å². The lowest BCUT2D eigenvalue weighted by atomic mass is 10.1. The molecule has 0 aromatic heterocycles. The Morgan fingerprint density at radius 1 is 0.765 bits per heavy atom. The fourth-order valence-corrected chi connectivity index (χ4v) is 3.01. The van der Waals surface area contributed by atoms with E-state index in [2.05, 4.69) is 10.5 Å². The maximum atomic E-state index is 12.8. The third-order valence-corrected chi connectivity index (χ3v) is 4.74. The molecule has 34 heavy (non-hydrogen) atoms. The van der Waals surface area contributed by atoms with Gasteiger partial charge in [0.1, 0.15) is 11.5 Å². The molecular formula is C25H24N2O7. The molecule has 0 heterocycles. The minimum atomic E-state index is -0.637. The molecule has 3 aromatic carbocycles. The molecule has 0 unspecified atom stereocenters. The number of ether oxygens (including phenoxy) is 5. The number of carbonyl (C=O) groups excluding carboxylic acids is 2. The van der Waals surface area contributed by atoms with Crippen molar-refractivity contribution in [3.05, 3.63) is 77.4 Å². The van der Waals surface area contributed by atoms with Crippen molar-refractivity contribution in [1.82, 2.24) is 5.43 Å². The number of esters is 1. The molecule has 0 aliphatic rings. The molecule has 1 N–H and O–H groups in total. The van der Waals surface area contributed by atoms with Crippen molar-refractivity contribution in [3.63, 3.8) is 0 Å². The predicted molar refractivity (Wildman–Crippen MR) is 126 cm³/mol. The Morgan fingerprint density at radius 2 is 1.41 bits per heavy atom. The van der Waals surface area contributed by atoms with Gasteiger partial charge in [-0.2, -0.15) is 5.10 Å². The molecule has 1 amide bonds. The van der Waals surface area contributed by atoms with Gasteiger partial charge in [-0.3, -0.25) is 4.79 Å². The van der Waals surface area contributed by atoms with E-state index in [1.807, 2.05) is 0 Å². The highest BCUT2D eigenvalue weighted by Gasteiger charge is 2.19. The molecule has 0 aliphatic carbocycles. The number of para-hydroxylation sites is 1. The van der Waals surface area contributed by atoms with Crippen molar-refractivity contribution < 1.29 is 33.3 Å². The van der Waals surface area contributed by atoms with Crippen LogP contribution in [-0.2, 0) is 0 Å². The van der Waals surface area contributed by atoms with Crippen LogP contribution in [0, 0.1) is 0 Å². The number of rotatable bonds is 9. The highest BCUT2D eigenvalue weighted by atomic mass is 16.5. The zero-order chi connectivity index (χ0) is 24.5. The number of carbonyl (C=O) groups is 2. The van der Waals surface area contributed by atoms with E-state index in [4.69, 9.17) is 23.7 Å². The monoisotopic (exact) mass is 464 g/mol. The smallest absolute Gasteiger partial charge is 0.343 e. The van der Waals surface area contributed by atoms with E-state index in [1.165, 1.54) is 39.7 Å². The van der Waals surface area contributed by atoms with Crippen LogP contribution in [0.25, 0.3) is 0 Å². The van der Waals surface area contributed by atoms with Gasteiger partial charge in [0.25, 0.3) is 5.91 Å². The molecule has 3 aromatic rings. The first-order valence-corrected chi connectivity index (χ1v) is 10.1. The molecule has 176 valence electrons. The number of nitrogens with one attached hydrogen (secondary N) is 1. The zero-order valence-electron chi connectivity index (χ0n) is 19.2. The molecule has 9 nitrogen and oxygen atoms in total. The van der Waals surface area contributed by atoms with Gasteiger partial charge in [0.05, 0.1) is 40.2 Å². The van der Waals surface area contributed by atoms with Gasteiger partial charge in [-0.15, -0.1) is 0 Å². The van der Waals surface area contributed by atoms with Crippen LogP contribution in [0.1, 0.15) is 26.3 Å². The second kappa shape index (κ2) is 11.4. The highest BCUT2D eigenvalue weighted by molar-refractivity contribution is 5.96. The topological polar surface area (TPSA) is 105 Å². The van der Waals surface area contributed by atoms with Crippen LogP contribution in [0.3, 0.4) is 0 Å². The van der Waals surface area contributed by atoms with Crippen LogP contribution in [0.2, 0.25) is 0 Å². The van der Waals surface area contributed by atoms with Crippen molar-refractivity contribution in [2.45, 2.75) is 0 Å². The van der Waals surface area contributed by atoms with Crippen molar-refractivity contribution in [3.8, 4) is 28.7 Å². The van der Waals surface area contributed by atoms with E-state index in [0.717, 1.165) is 0 Å². The molecule has 0 fully saturated rings. The molecule has 9 heteroatoms. The van der Waals surface area contributed by atoms with Crippen LogP contribution in [0.4, 0.5) is 0 Å². The Kier molecular flexibility index (Phi) is 8.07. The molecule has 0 radical (unpaired) electrons. The summed E-state index contributed by atoms with van der Waals surface area (Å²) >= 11 is 0. The molecule has 3 rings (SSSR count). The van der Waals surface area contributed by atoms with Crippen LogP contribution < -0.4 is 29.1 Å². The SMILES string of the molecule is COc1ccc(C(=O)NN=Cc2ccccc2OC(=O)c2cc(OC)c(OC)c(OC)c2)cc1. The average molecular weight is 464 g/mol. The normalized spacial score (nSPS) is 10.5. The van der Waals surface area contributed by atoms with E-state index >= 15 is 0 Å². The van der Waals surface area contributed by atoms with Crippen LogP contribution in [0.5, 0.6) is 28.7 Å². The van der Waals surface area contributed by atoms with Crippen molar-refractivity contribution in [1.29, 1.82) is 0 Å². The number of benzene rings is 3. The summed E-state index contributed by atoms with van der Waals surface area (Å²) in [6.45, 7) is 0. The minimum Gasteiger partial charge on any atom is -0.497 e. The van der Waals surface area contributed by atoms with E-state index in [9.17, 15) is 9.59 Å². The Bertz CT molecular complexity index is 1170. The van der Waals surface area contributed by atoms with Gasteiger partial charge in [0, 0.05) is 11.1 Å². The minimum absolute atomic E-state index is 0.203. The van der Waals surface area contributed by atoms with Gasteiger partial charge in [0.2, 0.25) is 5.75 Å². The second-order valence-corrected chi connectivity index (χ2v) is 6.77. The second-order valence-electron chi connectivity index (χ2n) is 6.77. The maximum Gasteiger partial charge on any atom is 0.343 e. The molecule has 0 spiro atoms. The number of amides is 1. The fourth-order valence-electron chi connectivity index (χ4n) is 3.01. The van der Waals surface area contributed by atoms with Gasteiger partial charge in [0.15, 0.2) is 11.5 Å². The van der Waals surface area contributed by atoms with Gasteiger partial charge in [-0.1, -0.05) is 12.1 Å². The molecule has 0 saturated heterocycles. The summed E-state index contributed by atoms with van der Waals surface area (Å²) in [6, 6.07) is 16.4. The van der Waals surface area contributed by atoms with E-state index in [0.29, 0.717) is 34.1 Å². The Morgan fingerprint density at radius 3 is 2.00 bits per heavy atom. The summed E-state index contributed by atoms with van der Waals surface area (Å²) in [5.74, 6) is 0.872. The molecular weight excluding hydrogens is 440 g/mol. The van der Waals surface area contributed by atoms with E-state index in [-0.39, 0.29) is 11.3 Å². The lowest BCUT2D eigenvalue weighted by Gasteiger charge is -2.14. The zero-order valence-corrected chi connectivity index (χ0v) is 19.2. The number of hydrogen-bond acceptors (Lipinski definition) is 8. The van der Waals surface area contributed by atoms with Gasteiger partial charge >= 0.3 is 5.97 Å². The van der Waals surface area contributed by atoms with E-state index < -0.39 is 11.9 Å². The van der Waals surface area contributed by atoms with Crippen LogP contribution >= 0.6 is 0 Å². The average Bonchev–Trinajstić information content (AvgIpc) is 2.88. The highest BCUT2D eigenvalue weighted by Crippen LogP contribution is 2.38.